The largest absolute Gasteiger partial charge is 0.497 e. The van der Waals surface area contributed by atoms with E-state index in [9.17, 15) is 9.18 Å². The van der Waals surface area contributed by atoms with Gasteiger partial charge in [0.2, 0.25) is 5.91 Å². The maximum absolute atomic E-state index is 13.0. The van der Waals surface area contributed by atoms with Crippen molar-refractivity contribution < 1.29 is 13.9 Å². The molecule has 0 atom stereocenters. The Labute approximate surface area is 166 Å². The first-order valence-electron chi connectivity index (χ1n) is 8.26. The maximum Gasteiger partial charge on any atom is 0.233 e. The fourth-order valence-corrected chi connectivity index (χ4v) is 4.22. The number of thiazole rings is 1. The van der Waals surface area contributed by atoms with E-state index in [1.54, 1.807) is 31.2 Å². The van der Waals surface area contributed by atoms with Crippen molar-refractivity contribution in [2.45, 2.75) is 10.9 Å². The van der Waals surface area contributed by atoms with Gasteiger partial charge in [0.15, 0.2) is 4.34 Å². The molecule has 0 unspecified atom stereocenters. The first-order valence-corrected chi connectivity index (χ1v) is 10.1. The van der Waals surface area contributed by atoms with Crippen molar-refractivity contribution in [3.05, 3.63) is 65.3 Å². The van der Waals surface area contributed by atoms with Gasteiger partial charge >= 0.3 is 0 Å². The van der Waals surface area contributed by atoms with Crippen LogP contribution in [-0.4, -0.2) is 35.7 Å². The highest BCUT2D eigenvalue weighted by Gasteiger charge is 2.12. The summed E-state index contributed by atoms with van der Waals surface area (Å²) in [6.45, 7) is 0.523. The van der Waals surface area contributed by atoms with Crippen molar-refractivity contribution in [1.29, 1.82) is 0 Å². The van der Waals surface area contributed by atoms with Crippen LogP contribution in [0.25, 0.3) is 11.3 Å². The van der Waals surface area contributed by atoms with Gasteiger partial charge in [-0.2, -0.15) is 0 Å². The van der Waals surface area contributed by atoms with Crippen molar-refractivity contribution in [1.82, 2.24) is 9.88 Å². The third kappa shape index (κ3) is 5.30. The molecule has 27 heavy (non-hydrogen) atoms. The number of benzene rings is 2. The summed E-state index contributed by atoms with van der Waals surface area (Å²) in [5, 5.41) is 1.92. The molecule has 0 saturated carbocycles. The number of ether oxygens (including phenoxy) is 1. The van der Waals surface area contributed by atoms with Gasteiger partial charge in [0.25, 0.3) is 0 Å². The van der Waals surface area contributed by atoms with E-state index in [2.05, 4.69) is 4.98 Å². The van der Waals surface area contributed by atoms with Gasteiger partial charge in [-0.25, -0.2) is 9.37 Å². The van der Waals surface area contributed by atoms with Gasteiger partial charge in [-0.1, -0.05) is 23.9 Å². The molecule has 1 amide bonds. The lowest BCUT2D eigenvalue weighted by molar-refractivity contribution is -0.127. The Bertz CT molecular complexity index is 912. The lowest BCUT2D eigenvalue weighted by Gasteiger charge is -2.17. The molecule has 3 rings (SSSR count). The molecule has 0 N–H and O–H groups in total. The fraction of sp³-hybridized carbons (Fsp3) is 0.200. The fourth-order valence-electron chi connectivity index (χ4n) is 2.44. The Hall–Kier alpha value is -2.38. The van der Waals surface area contributed by atoms with Gasteiger partial charge in [0.1, 0.15) is 11.6 Å². The summed E-state index contributed by atoms with van der Waals surface area (Å²) in [5.41, 5.74) is 2.67. The Balaban J connectivity index is 1.54. The molecule has 2 aromatic carbocycles. The van der Waals surface area contributed by atoms with Crippen LogP contribution in [0.1, 0.15) is 5.56 Å². The standard InChI is InChI=1S/C20H19FN2O2S2/c1-23(11-14-4-3-5-17(10-14)25-2)19(24)13-27-20-22-18(12-26-20)15-6-8-16(21)9-7-15/h3-10,12H,11,13H2,1-2H3. The average molecular weight is 403 g/mol. The highest BCUT2D eigenvalue weighted by atomic mass is 32.2. The van der Waals surface area contributed by atoms with E-state index in [4.69, 9.17) is 4.74 Å². The molecule has 0 aliphatic carbocycles. The number of rotatable bonds is 7. The number of carbonyl (C=O) groups excluding carboxylic acids is 1. The van der Waals surface area contributed by atoms with E-state index < -0.39 is 0 Å². The lowest BCUT2D eigenvalue weighted by atomic mass is 10.2. The topological polar surface area (TPSA) is 42.4 Å². The van der Waals surface area contributed by atoms with E-state index >= 15 is 0 Å². The van der Waals surface area contributed by atoms with E-state index in [1.165, 1.54) is 35.2 Å². The molecular formula is C20H19FN2O2S2. The van der Waals surface area contributed by atoms with Gasteiger partial charge < -0.3 is 9.64 Å². The third-order valence-electron chi connectivity index (χ3n) is 3.92. The maximum atomic E-state index is 13.0. The summed E-state index contributed by atoms with van der Waals surface area (Å²) in [6, 6.07) is 13.9. The Morgan fingerprint density at radius 1 is 1.26 bits per heavy atom. The normalized spacial score (nSPS) is 10.6. The average Bonchev–Trinajstić information content (AvgIpc) is 3.15. The van der Waals surface area contributed by atoms with Crippen LogP contribution in [0, 0.1) is 5.82 Å². The van der Waals surface area contributed by atoms with Crippen LogP contribution in [0.2, 0.25) is 0 Å². The molecule has 1 aromatic heterocycles. The quantitative estimate of drug-likeness (QED) is 0.537. The highest BCUT2D eigenvalue weighted by Crippen LogP contribution is 2.28. The summed E-state index contributed by atoms with van der Waals surface area (Å²) in [4.78, 5) is 18.6. The number of aromatic nitrogens is 1. The number of methoxy groups -OCH3 is 1. The van der Waals surface area contributed by atoms with Crippen LogP contribution in [0.5, 0.6) is 5.75 Å². The SMILES string of the molecule is COc1cccc(CN(C)C(=O)CSc2nc(-c3ccc(F)cc3)cs2)c1. The zero-order valence-electron chi connectivity index (χ0n) is 15.0. The first kappa shape index (κ1) is 19.4. The van der Waals surface area contributed by atoms with Crippen molar-refractivity contribution >= 4 is 29.0 Å². The van der Waals surface area contributed by atoms with Crippen molar-refractivity contribution in [2.75, 3.05) is 19.9 Å². The summed E-state index contributed by atoms with van der Waals surface area (Å²) in [5.74, 6) is 0.852. The van der Waals surface area contributed by atoms with Crippen molar-refractivity contribution in [3.8, 4) is 17.0 Å². The van der Waals surface area contributed by atoms with Crippen LogP contribution in [0.3, 0.4) is 0 Å². The van der Waals surface area contributed by atoms with Crippen LogP contribution in [0.15, 0.2) is 58.3 Å². The van der Waals surface area contributed by atoms with Gasteiger partial charge in [0, 0.05) is 24.5 Å². The zero-order chi connectivity index (χ0) is 19.2. The van der Waals surface area contributed by atoms with E-state index in [-0.39, 0.29) is 11.7 Å². The minimum absolute atomic E-state index is 0.0290. The van der Waals surface area contributed by atoms with Crippen molar-refractivity contribution in [2.24, 2.45) is 0 Å². The van der Waals surface area contributed by atoms with Crippen LogP contribution >= 0.6 is 23.1 Å². The number of hydrogen-bond acceptors (Lipinski definition) is 5. The van der Waals surface area contributed by atoms with E-state index in [0.29, 0.717) is 12.3 Å². The number of halogens is 1. The number of hydrogen-bond donors (Lipinski definition) is 0. The molecule has 7 heteroatoms. The molecule has 0 aliphatic rings. The molecule has 0 bridgehead atoms. The second-order valence-corrected chi connectivity index (χ2v) is 7.98. The van der Waals surface area contributed by atoms with Crippen LogP contribution < -0.4 is 4.74 Å². The second kappa shape index (κ2) is 9.01. The molecule has 1 heterocycles. The predicted molar refractivity (Wildman–Crippen MR) is 108 cm³/mol. The second-order valence-electron chi connectivity index (χ2n) is 5.90. The van der Waals surface area contributed by atoms with E-state index in [0.717, 1.165) is 26.9 Å². The lowest BCUT2D eigenvalue weighted by Crippen LogP contribution is -2.27. The van der Waals surface area contributed by atoms with Crippen LogP contribution in [-0.2, 0) is 11.3 Å². The molecule has 0 aliphatic heterocycles. The van der Waals surface area contributed by atoms with Gasteiger partial charge in [-0.15, -0.1) is 11.3 Å². The molecule has 3 aromatic rings. The Kier molecular flexibility index (Phi) is 6.47. The molecule has 0 spiro atoms. The Morgan fingerprint density at radius 3 is 2.78 bits per heavy atom. The number of thioether (sulfide) groups is 1. The summed E-state index contributed by atoms with van der Waals surface area (Å²) in [6.07, 6.45) is 0. The minimum atomic E-state index is -0.270. The molecule has 0 fully saturated rings. The molecule has 0 saturated heterocycles. The minimum Gasteiger partial charge on any atom is -0.497 e. The molecular weight excluding hydrogens is 383 g/mol. The Morgan fingerprint density at radius 2 is 2.04 bits per heavy atom. The highest BCUT2D eigenvalue weighted by molar-refractivity contribution is 8.01. The monoisotopic (exact) mass is 402 g/mol. The summed E-state index contributed by atoms with van der Waals surface area (Å²) in [7, 11) is 3.41. The smallest absolute Gasteiger partial charge is 0.233 e. The van der Waals surface area contributed by atoms with Crippen molar-refractivity contribution in [3.63, 3.8) is 0 Å². The number of nitrogens with zero attached hydrogens (tertiary/aromatic N) is 2. The first-order chi connectivity index (χ1) is 13.0. The number of amides is 1. The van der Waals surface area contributed by atoms with Gasteiger partial charge in [-0.05, 0) is 42.0 Å². The van der Waals surface area contributed by atoms with E-state index in [1.807, 2.05) is 29.6 Å². The summed E-state index contributed by atoms with van der Waals surface area (Å²) < 4.78 is 19.0. The number of carbonyl (C=O) groups is 1. The van der Waals surface area contributed by atoms with Gasteiger partial charge in [-0.3, -0.25) is 4.79 Å². The van der Waals surface area contributed by atoms with Crippen LogP contribution in [0.4, 0.5) is 4.39 Å². The third-order valence-corrected chi connectivity index (χ3v) is 5.93. The molecule has 0 radical (unpaired) electrons. The van der Waals surface area contributed by atoms with Gasteiger partial charge in [0.05, 0.1) is 18.6 Å². The predicted octanol–water partition coefficient (Wildman–Crippen LogP) is 4.71. The summed E-state index contributed by atoms with van der Waals surface area (Å²) >= 11 is 2.89. The molecule has 4 nitrogen and oxygen atoms in total. The molecule has 140 valence electrons. The zero-order valence-corrected chi connectivity index (χ0v) is 16.6.